The van der Waals surface area contributed by atoms with E-state index < -0.39 is 29.6 Å². The third-order valence-electron chi connectivity index (χ3n) is 5.22. The Labute approximate surface area is 189 Å². The maximum absolute atomic E-state index is 13.2. The Kier molecular flexibility index (Phi) is 6.62. The SMILES string of the molecule is CC.CC1(C)C(=O)N(c2ccc(OC(F)(F)F)cc2)C(=O)N1Cc1ccnc2ccccc12. The van der Waals surface area contributed by atoms with Crippen molar-refractivity contribution in [2.45, 2.75) is 46.1 Å². The highest BCUT2D eigenvalue weighted by Crippen LogP contribution is 2.35. The molecule has 33 heavy (non-hydrogen) atoms. The first-order chi connectivity index (χ1) is 15.6. The molecule has 0 aliphatic carbocycles. The normalized spacial score (nSPS) is 15.5. The molecule has 1 fully saturated rings. The minimum atomic E-state index is -4.83. The van der Waals surface area contributed by atoms with E-state index in [4.69, 9.17) is 0 Å². The number of aromatic nitrogens is 1. The first kappa shape index (κ1) is 24.0. The maximum atomic E-state index is 13.2. The van der Waals surface area contributed by atoms with E-state index in [1.807, 2.05) is 38.1 Å². The van der Waals surface area contributed by atoms with E-state index in [0.29, 0.717) is 0 Å². The standard InChI is InChI=1S/C22H18F3N3O3.C2H6/c1-21(2)19(29)28(15-7-9-16(10-8-15)31-22(23,24)25)20(30)27(21)13-14-11-12-26-18-6-4-3-5-17(14)18;1-2/h3-12H,13H2,1-2H3;1-2H3. The van der Waals surface area contributed by atoms with Crippen molar-refractivity contribution in [1.29, 1.82) is 0 Å². The Morgan fingerprint density at radius 2 is 1.61 bits per heavy atom. The molecule has 1 aliphatic rings. The summed E-state index contributed by atoms with van der Waals surface area (Å²) in [5.41, 5.74) is 0.617. The molecule has 6 nitrogen and oxygen atoms in total. The fraction of sp³-hybridized carbons (Fsp3) is 0.292. The van der Waals surface area contributed by atoms with E-state index in [2.05, 4.69) is 9.72 Å². The van der Waals surface area contributed by atoms with E-state index >= 15 is 0 Å². The second kappa shape index (κ2) is 9.09. The first-order valence-electron chi connectivity index (χ1n) is 10.4. The van der Waals surface area contributed by atoms with E-state index in [0.717, 1.165) is 33.5 Å². The Hall–Kier alpha value is -3.62. The lowest BCUT2D eigenvalue weighted by molar-refractivity contribution is -0.274. The number of pyridine rings is 1. The third-order valence-corrected chi connectivity index (χ3v) is 5.22. The second-order valence-corrected chi connectivity index (χ2v) is 7.60. The van der Waals surface area contributed by atoms with Gasteiger partial charge in [0.25, 0.3) is 5.91 Å². The lowest BCUT2D eigenvalue weighted by Gasteiger charge is -2.28. The van der Waals surface area contributed by atoms with Crippen LogP contribution in [0.15, 0.2) is 60.8 Å². The van der Waals surface area contributed by atoms with Gasteiger partial charge in [0, 0.05) is 18.1 Å². The Balaban J connectivity index is 0.00000149. The van der Waals surface area contributed by atoms with Gasteiger partial charge in [-0.05, 0) is 55.8 Å². The number of imide groups is 1. The average Bonchev–Trinajstić information content (AvgIpc) is 2.94. The van der Waals surface area contributed by atoms with Gasteiger partial charge in [-0.2, -0.15) is 0 Å². The lowest BCUT2D eigenvalue weighted by Crippen LogP contribution is -2.43. The molecule has 1 aliphatic heterocycles. The molecule has 3 amide bonds. The average molecular weight is 459 g/mol. The lowest BCUT2D eigenvalue weighted by atomic mass is 10.0. The Morgan fingerprint density at radius 1 is 0.970 bits per heavy atom. The quantitative estimate of drug-likeness (QED) is 0.455. The minimum Gasteiger partial charge on any atom is -0.406 e. The van der Waals surface area contributed by atoms with Crippen molar-refractivity contribution in [1.82, 2.24) is 9.88 Å². The number of hydrogen-bond donors (Lipinski definition) is 0. The minimum absolute atomic E-state index is 0.166. The molecule has 0 saturated carbocycles. The van der Waals surface area contributed by atoms with Crippen LogP contribution in [0.3, 0.4) is 0 Å². The number of benzene rings is 2. The summed E-state index contributed by atoms with van der Waals surface area (Å²) >= 11 is 0. The summed E-state index contributed by atoms with van der Waals surface area (Å²) < 4.78 is 41.0. The fourth-order valence-corrected chi connectivity index (χ4v) is 3.59. The Morgan fingerprint density at radius 3 is 2.24 bits per heavy atom. The summed E-state index contributed by atoms with van der Waals surface area (Å²) in [5, 5.41) is 0.869. The number of para-hydroxylation sites is 1. The molecule has 0 radical (unpaired) electrons. The summed E-state index contributed by atoms with van der Waals surface area (Å²) in [4.78, 5) is 33.0. The van der Waals surface area contributed by atoms with Gasteiger partial charge in [-0.15, -0.1) is 13.2 Å². The molecule has 0 spiro atoms. The molecule has 174 valence electrons. The number of alkyl halides is 3. The van der Waals surface area contributed by atoms with Gasteiger partial charge in [0.15, 0.2) is 0 Å². The molecular formula is C24H24F3N3O3. The number of carbonyl (C=O) groups is 2. The van der Waals surface area contributed by atoms with Crippen molar-refractivity contribution in [3.8, 4) is 5.75 Å². The van der Waals surface area contributed by atoms with Crippen molar-refractivity contribution < 1.29 is 27.5 Å². The van der Waals surface area contributed by atoms with Crippen LogP contribution in [0.25, 0.3) is 10.9 Å². The van der Waals surface area contributed by atoms with Crippen LogP contribution in [0.1, 0.15) is 33.3 Å². The zero-order valence-corrected chi connectivity index (χ0v) is 18.7. The predicted molar refractivity (Wildman–Crippen MR) is 119 cm³/mol. The molecule has 0 unspecified atom stereocenters. The number of nitrogens with zero attached hydrogens (tertiary/aromatic N) is 3. The monoisotopic (exact) mass is 459 g/mol. The van der Waals surface area contributed by atoms with E-state index in [-0.39, 0.29) is 12.2 Å². The number of urea groups is 1. The number of ether oxygens (including phenoxy) is 1. The second-order valence-electron chi connectivity index (χ2n) is 7.60. The molecular weight excluding hydrogens is 435 g/mol. The summed E-state index contributed by atoms with van der Waals surface area (Å²) in [5.74, 6) is -0.907. The van der Waals surface area contributed by atoms with E-state index in [9.17, 15) is 22.8 Å². The van der Waals surface area contributed by atoms with Crippen molar-refractivity contribution >= 4 is 28.5 Å². The molecule has 0 atom stereocenters. The number of rotatable bonds is 4. The van der Waals surface area contributed by atoms with Crippen molar-refractivity contribution in [3.05, 3.63) is 66.4 Å². The summed E-state index contributed by atoms with van der Waals surface area (Å²) in [6, 6.07) is 13.3. The van der Waals surface area contributed by atoms with E-state index in [1.54, 1.807) is 26.1 Å². The van der Waals surface area contributed by atoms with Crippen LogP contribution >= 0.6 is 0 Å². The smallest absolute Gasteiger partial charge is 0.406 e. The van der Waals surface area contributed by atoms with Gasteiger partial charge in [0.2, 0.25) is 0 Å². The number of fused-ring (bicyclic) bond motifs is 1. The fourth-order valence-electron chi connectivity index (χ4n) is 3.59. The number of anilines is 1. The molecule has 3 aromatic rings. The van der Waals surface area contributed by atoms with Crippen LogP contribution < -0.4 is 9.64 Å². The van der Waals surface area contributed by atoms with Gasteiger partial charge in [0.05, 0.1) is 11.2 Å². The van der Waals surface area contributed by atoms with Crippen LogP contribution in [0.2, 0.25) is 0 Å². The highest BCUT2D eigenvalue weighted by Gasteiger charge is 2.51. The van der Waals surface area contributed by atoms with Crippen LogP contribution in [0, 0.1) is 0 Å². The van der Waals surface area contributed by atoms with Crippen molar-refractivity contribution in [3.63, 3.8) is 0 Å². The van der Waals surface area contributed by atoms with Gasteiger partial charge >= 0.3 is 12.4 Å². The Bertz CT molecular complexity index is 1160. The number of halogens is 3. The molecule has 1 aromatic heterocycles. The number of hydrogen-bond acceptors (Lipinski definition) is 4. The first-order valence-corrected chi connectivity index (χ1v) is 10.4. The maximum Gasteiger partial charge on any atom is 0.573 e. The van der Waals surface area contributed by atoms with Gasteiger partial charge in [-0.25, -0.2) is 9.69 Å². The van der Waals surface area contributed by atoms with Gasteiger partial charge in [-0.3, -0.25) is 9.78 Å². The van der Waals surface area contributed by atoms with E-state index in [1.165, 1.54) is 17.0 Å². The molecule has 2 heterocycles. The molecule has 0 N–H and O–H groups in total. The summed E-state index contributed by atoms with van der Waals surface area (Å²) in [6.07, 6.45) is -3.18. The highest BCUT2D eigenvalue weighted by molar-refractivity contribution is 6.23. The predicted octanol–water partition coefficient (Wildman–Crippen LogP) is 5.91. The zero-order valence-electron chi connectivity index (χ0n) is 18.7. The topological polar surface area (TPSA) is 62.7 Å². The summed E-state index contributed by atoms with van der Waals surface area (Å²) in [7, 11) is 0. The molecule has 4 rings (SSSR count). The van der Waals surface area contributed by atoms with Gasteiger partial charge < -0.3 is 9.64 Å². The zero-order chi connectivity index (χ0) is 24.4. The van der Waals surface area contributed by atoms with Crippen LogP contribution in [0.4, 0.5) is 23.7 Å². The van der Waals surface area contributed by atoms with Crippen molar-refractivity contribution in [2.75, 3.05) is 4.90 Å². The van der Waals surface area contributed by atoms with Crippen molar-refractivity contribution in [2.24, 2.45) is 0 Å². The van der Waals surface area contributed by atoms with Gasteiger partial charge in [-0.1, -0.05) is 32.0 Å². The van der Waals surface area contributed by atoms with Crippen LogP contribution in [0.5, 0.6) is 5.75 Å². The largest absolute Gasteiger partial charge is 0.573 e. The third kappa shape index (κ3) is 4.76. The van der Waals surface area contributed by atoms with Crippen LogP contribution in [-0.4, -0.2) is 33.7 Å². The highest BCUT2D eigenvalue weighted by atomic mass is 19.4. The van der Waals surface area contributed by atoms with Gasteiger partial charge in [0.1, 0.15) is 11.3 Å². The number of carbonyl (C=O) groups excluding carboxylic acids is 2. The number of amides is 3. The molecule has 1 saturated heterocycles. The molecule has 0 bridgehead atoms. The molecule has 9 heteroatoms. The van der Waals surface area contributed by atoms with Crippen LogP contribution in [-0.2, 0) is 11.3 Å². The molecule has 2 aromatic carbocycles. The summed E-state index contributed by atoms with van der Waals surface area (Å²) in [6.45, 7) is 7.45.